The van der Waals surface area contributed by atoms with E-state index in [0.29, 0.717) is 31.5 Å². The summed E-state index contributed by atoms with van der Waals surface area (Å²) in [4.78, 5) is 56.7. The van der Waals surface area contributed by atoms with Crippen molar-refractivity contribution in [2.45, 2.75) is 70.1 Å². The fourth-order valence-corrected chi connectivity index (χ4v) is 3.32. The number of hydrogen-bond donors (Lipinski definition) is 8. The Hall–Kier alpha value is -2.64. The highest BCUT2D eigenvalue weighted by molar-refractivity contribution is 7.80. The van der Waals surface area contributed by atoms with Gasteiger partial charge in [0.25, 0.3) is 0 Å². The molecule has 0 aromatic carbocycles. The normalized spacial score (nSPS) is 15.4. The average molecular weight is 500 g/mol. The summed E-state index contributed by atoms with van der Waals surface area (Å²) < 4.78 is 0. The van der Waals surface area contributed by atoms with Crippen LogP contribution in [0.5, 0.6) is 0 Å². The summed E-state index contributed by atoms with van der Waals surface area (Å²) in [6.45, 7) is 4.08. The second-order valence-corrected chi connectivity index (χ2v) is 8.55. The molecule has 1 rings (SSSR count). The summed E-state index contributed by atoms with van der Waals surface area (Å²) in [5, 5.41) is 17.3. The highest BCUT2D eigenvalue weighted by Crippen LogP contribution is 2.11. The summed E-state index contributed by atoms with van der Waals surface area (Å²) in [6.07, 6.45) is 4.88. The van der Waals surface area contributed by atoms with Gasteiger partial charge in [-0.3, -0.25) is 14.4 Å². The molecule has 1 heterocycles. The Morgan fingerprint density at radius 3 is 2.32 bits per heavy atom. The summed E-state index contributed by atoms with van der Waals surface area (Å²) in [7, 11) is 0. The third kappa shape index (κ3) is 9.69. The topological polar surface area (TPSA) is 205 Å². The summed E-state index contributed by atoms with van der Waals surface area (Å²) in [5.41, 5.74) is 11.8. The van der Waals surface area contributed by atoms with E-state index in [1.54, 1.807) is 6.92 Å². The van der Waals surface area contributed by atoms with E-state index < -0.39 is 47.9 Å². The third-order valence-corrected chi connectivity index (χ3v) is 5.89. The molecule has 12 nitrogen and oxygen atoms in total. The molecule has 0 aliphatic heterocycles. The first-order chi connectivity index (χ1) is 16.1. The molecule has 192 valence electrons. The van der Waals surface area contributed by atoms with Crippen molar-refractivity contribution < 1.29 is 24.3 Å². The number of carboxylic acids is 1. The molecule has 0 fully saturated rings. The van der Waals surface area contributed by atoms with Gasteiger partial charge in [-0.1, -0.05) is 20.3 Å². The van der Waals surface area contributed by atoms with Gasteiger partial charge in [0.1, 0.15) is 18.1 Å². The molecule has 5 atom stereocenters. The van der Waals surface area contributed by atoms with Crippen molar-refractivity contribution in [3.05, 3.63) is 18.2 Å². The van der Waals surface area contributed by atoms with E-state index in [4.69, 9.17) is 11.5 Å². The zero-order chi connectivity index (χ0) is 25.7. The van der Waals surface area contributed by atoms with Gasteiger partial charge in [0, 0.05) is 24.1 Å². The number of nitrogens with zero attached hydrogens (tertiary/aromatic N) is 1. The number of thiol groups is 1. The first-order valence-electron chi connectivity index (χ1n) is 11.3. The molecule has 0 radical (unpaired) electrons. The monoisotopic (exact) mass is 499 g/mol. The van der Waals surface area contributed by atoms with Crippen LogP contribution in [0.4, 0.5) is 0 Å². The lowest BCUT2D eigenvalue weighted by molar-refractivity contribution is -0.142. The van der Waals surface area contributed by atoms with E-state index in [0.717, 1.165) is 0 Å². The maximum atomic E-state index is 13.1. The van der Waals surface area contributed by atoms with Crippen molar-refractivity contribution in [2.24, 2.45) is 17.4 Å². The van der Waals surface area contributed by atoms with E-state index >= 15 is 0 Å². The van der Waals surface area contributed by atoms with Gasteiger partial charge in [0.15, 0.2) is 0 Å². The van der Waals surface area contributed by atoms with Crippen LogP contribution in [-0.2, 0) is 25.6 Å². The first kappa shape index (κ1) is 29.4. The van der Waals surface area contributed by atoms with Gasteiger partial charge < -0.3 is 37.5 Å². The molecular weight excluding hydrogens is 462 g/mol. The number of nitrogens with one attached hydrogen (secondary N) is 4. The van der Waals surface area contributed by atoms with E-state index in [-0.39, 0.29) is 24.5 Å². The Morgan fingerprint density at radius 2 is 1.79 bits per heavy atom. The van der Waals surface area contributed by atoms with Crippen molar-refractivity contribution in [3.8, 4) is 0 Å². The lowest BCUT2D eigenvalue weighted by Crippen LogP contribution is -2.59. The smallest absolute Gasteiger partial charge is 0.326 e. The number of unbranched alkanes of at least 4 members (excludes halogenated alkanes) is 1. The fraction of sp³-hybridized carbons (Fsp3) is 0.667. The van der Waals surface area contributed by atoms with Crippen LogP contribution in [0.25, 0.3) is 0 Å². The number of carbonyl (C=O) groups excluding carboxylic acids is 3. The Morgan fingerprint density at radius 1 is 1.12 bits per heavy atom. The fourth-order valence-electron chi connectivity index (χ4n) is 3.16. The van der Waals surface area contributed by atoms with Gasteiger partial charge in [0.2, 0.25) is 17.7 Å². The molecular formula is C21H37N7O5S. The van der Waals surface area contributed by atoms with Crippen LogP contribution in [0.1, 0.15) is 45.2 Å². The number of imidazole rings is 1. The number of aromatic amines is 1. The SMILES string of the molecule is CCC(C)C(NC(=O)C(N)CS)C(=O)NC(CCCCN)C(=O)NC(Cc1cnc[nH]1)C(=O)O. The van der Waals surface area contributed by atoms with Crippen molar-refractivity contribution in [1.29, 1.82) is 0 Å². The second-order valence-electron chi connectivity index (χ2n) is 8.19. The van der Waals surface area contributed by atoms with Crippen LogP contribution < -0.4 is 27.4 Å². The minimum atomic E-state index is -1.22. The molecule has 5 unspecified atom stereocenters. The highest BCUT2D eigenvalue weighted by Gasteiger charge is 2.32. The van der Waals surface area contributed by atoms with E-state index in [1.807, 2.05) is 6.92 Å². The molecule has 3 amide bonds. The van der Waals surface area contributed by atoms with Crippen LogP contribution in [0, 0.1) is 5.92 Å². The van der Waals surface area contributed by atoms with Crippen molar-refractivity contribution in [2.75, 3.05) is 12.3 Å². The summed E-state index contributed by atoms with van der Waals surface area (Å²) >= 11 is 4.01. The van der Waals surface area contributed by atoms with Crippen LogP contribution in [0.3, 0.4) is 0 Å². The number of carboxylic acid groups (broad SMARTS) is 1. The number of aromatic nitrogens is 2. The molecule has 0 spiro atoms. The number of amides is 3. The van der Waals surface area contributed by atoms with Crippen LogP contribution in [-0.4, -0.2) is 75.2 Å². The number of hydrogen-bond acceptors (Lipinski definition) is 8. The second kappa shape index (κ2) is 15.3. The minimum Gasteiger partial charge on any atom is -0.480 e. The predicted molar refractivity (Wildman–Crippen MR) is 130 cm³/mol. The lowest BCUT2D eigenvalue weighted by atomic mass is 9.97. The molecule has 0 aliphatic carbocycles. The molecule has 0 aliphatic rings. The predicted octanol–water partition coefficient (Wildman–Crippen LogP) is -1.08. The zero-order valence-electron chi connectivity index (χ0n) is 19.6. The maximum Gasteiger partial charge on any atom is 0.326 e. The molecule has 13 heteroatoms. The maximum absolute atomic E-state index is 13.1. The summed E-state index contributed by atoms with van der Waals surface area (Å²) in [6, 6.07) is -4.04. The summed E-state index contributed by atoms with van der Waals surface area (Å²) in [5.74, 6) is -3.07. The van der Waals surface area contributed by atoms with Crippen molar-refractivity contribution in [1.82, 2.24) is 25.9 Å². The minimum absolute atomic E-state index is 0.00227. The number of carbonyl (C=O) groups is 4. The number of H-pyrrole nitrogens is 1. The van der Waals surface area contributed by atoms with E-state index in [9.17, 15) is 24.3 Å². The van der Waals surface area contributed by atoms with Gasteiger partial charge in [-0.15, -0.1) is 0 Å². The highest BCUT2D eigenvalue weighted by atomic mass is 32.1. The van der Waals surface area contributed by atoms with Gasteiger partial charge in [-0.05, 0) is 31.7 Å². The number of aliphatic carboxylic acids is 1. The molecule has 0 bridgehead atoms. The van der Waals surface area contributed by atoms with E-state index in [2.05, 4.69) is 38.5 Å². The van der Waals surface area contributed by atoms with Crippen LogP contribution >= 0.6 is 12.6 Å². The number of nitrogens with two attached hydrogens (primary N) is 2. The van der Waals surface area contributed by atoms with Gasteiger partial charge in [-0.2, -0.15) is 12.6 Å². The number of rotatable bonds is 16. The van der Waals surface area contributed by atoms with Crippen molar-refractivity contribution in [3.63, 3.8) is 0 Å². The van der Waals surface area contributed by atoms with Gasteiger partial charge in [0.05, 0.1) is 12.4 Å². The van der Waals surface area contributed by atoms with Gasteiger partial charge in [-0.25, -0.2) is 9.78 Å². The Balaban J connectivity index is 2.99. The standard InChI is InChI=1S/C21H37N7O5S/c1-3-12(2)17(28-18(29)14(23)10-34)20(31)26-15(6-4-5-7-22)19(30)27-16(21(32)33)8-13-9-24-11-25-13/h9,11-12,14-17,34H,3-8,10,22-23H2,1-2H3,(H,24,25)(H,26,31)(H,27,30)(H,28,29)(H,32,33). The lowest BCUT2D eigenvalue weighted by Gasteiger charge is -2.28. The largest absolute Gasteiger partial charge is 0.480 e. The molecule has 0 saturated heterocycles. The molecule has 1 aromatic heterocycles. The Labute approximate surface area is 204 Å². The Bertz CT molecular complexity index is 792. The van der Waals surface area contributed by atoms with Gasteiger partial charge >= 0.3 is 5.97 Å². The molecule has 34 heavy (non-hydrogen) atoms. The Kier molecular flexibility index (Phi) is 13.2. The van der Waals surface area contributed by atoms with Crippen molar-refractivity contribution >= 4 is 36.3 Å². The quantitative estimate of drug-likeness (QED) is 0.103. The third-order valence-electron chi connectivity index (χ3n) is 5.50. The van der Waals surface area contributed by atoms with Crippen LogP contribution in [0.2, 0.25) is 0 Å². The zero-order valence-corrected chi connectivity index (χ0v) is 20.5. The van der Waals surface area contributed by atoms with Crippen LogP contribution in [0.15, 0.2) is 12.5 Å². The molecule has 0 saturated carbocycles. The first-order valence-corrected chi connectivity index (χ1v) is 11.9. The molecule has 1 aromatic rings. The molecule has 9 N–H and O–H groups in total. The van der Waals surface area contributed by atoms with E-state index in [1.165, 1.54) is 12.5 Å². The average Bonchev–Trinajstić information content (AvgIpc) is 3.33.